The van der Waals surface area contributed by atoms with Crippen LogP contribution in [0.1, 0.15) is 37.1 Å². The van der Waals surface area contributed by atoms with Gasteiger partial charge in [-0.2, -0.15) is 0 Å². The molecule has 0 saturated carbocycles. The Bertz CT molecular complexity index is 1440. The summed E-state index contributed by atoms with van der Waals surface area (Å²) in [5.74, 6) is -0.560. The van der Waals surface area contributed by atoms with Crippen molar-refractivity contribution >= 4 is 39.2 Å². The van der Waals surface area contributed by atoms with E-state index in [4.69, 9.17) is 0 Å². The smallest absolute Gasteiger partial charge is 0.316 e. The summed E-state index contributed by atoms with van der Waals surface area (Å²) in [5, 5.41) is 2.92. The maximum absolute atomic E-state index is 14.1. The van der Waals surface area contributed by atoms with E-state index in [0.717, 1.165) is 39.9 Å². The van der Waals surface area contributed by atoms with E-state index in [2.05, 4.69) is 25.8 Å². The van der Waals surface area contributed by atoms with Crippen LogP contribution in [-0.4, -0.2) is 34.5 Å². The van der Waals surface area contributed by atoms with Crippen molar-refractivity contribution in [1.82, 2.24) is 9.47 Å². The third kappa shape index (κ3) is 5.22. The number of carbonyl (C=O) groups excluding carboxylic acids is 2. The number of anilines is 2. The summed E-state index contributed by atoms with van der Waals surface area (Å²) in [6.45, 7) is 2.39. The minimum atomic E-state index is -0.476. The lowest BCUT2D eigenvalue weighted by atomic mass is 9.97. The van der Waals surface area contributed by atoms with Crippen molar-refractivity contribution in [3.05, 3.63) is 113 Å². The third-order valence-corrected chi connectivity index (χ3v) is 7.19. The number of unbranched alkanes of at least 4 members (excludes halogenated alkanes) is 1. The molecule has 0 saturated heterocycles. The number of hydrogen-bond acceptors (Lipinski definition) is 2. The van der Waals surface area contributed by atoms with E-state index in [0.29, 0.717) is 12.2 Å². The quantitative estimate of drug-likeness (QED) is 0.255. The lowest BCUT2D eigenvalue weighted by Gasteiger charge is -2.39. The number of urea groups is 1. The third-order valence-electron chi connectivity index (χ3n) is 6.66. The molecule has 3 amide bonds. The fraction of sp³-hybridized carbons (Fsp3) is 0.200. The Morgan fingerprint density at radius 3 is 2.37 bits per heavy atom. The molecule has 0 radical (unpaired) electrons. The number of fused-ring (bicyclic) bond motifs is 3. The molecular formula is C30H28BrFN4O2. The second kappa shape index (κ2) is 11.2. The maximum Gasteiger partial charge on any atom is 0.322 e. The van der Waals surface area contributed by atoms with Gasteiger partial charge in [0.15, 0.2) is 0 Å². The minimum absolute atomic E-state index is 0.102. The predicted octanol–water partition coefficient (Wildman–Crippen LogP) is 7.15. The van der Waals surface area contributed by atoms with E-state index in [-0.39, 0.29) is 24.3 Å². The number of hydrogen-bond donors (Lipinski definition) is 1. The molecule has 1 N–H and O–H groups in total. The molecule has 38 heavy (non-hydrogen) atoms. The number of nitrogens with one attached hydrogen (secondary N) is 1. The van der Waals surface area contributed by atoms with Crippen molar-refractivity contribution in [3.63, 3.8) is 0 Å². The van der Waals surface area contributed by atoms with Crippen molar-refractivity contribution in [2.45, 2.75) is 25.8 Å². The number of halogens is 2. The molecule has 4 aromatic rings. The van der Waals surface area contributed by atoms with Gasteiger partial charge < -0.3 is 14.8 Å². The second-order valence-electron chi connectivity index (χ2n) is 9.22. The van der Waals surface area contributed by atoms with Crippen LogP contribution in [0.4, 0.5) is 20.6 Å². The summed E-state index contributed by atoms with van der Waals surface area (Å²) < 4.78 is 16.8. The van der Waals surface area contributed by atoms with Crippen LogP contribution in [0.2, 0.25) is 0 Å². The van der Waals surface area contributed by atoms with Crippen LogP contribution < -0.4 is 10.2 Å². The molecule has 5 rings (SSSR count). The largest absolute Gasteiger partial charge is 0.322 e. The highest BCUT2D eigenvalue weighted by molar-refractivity contribution is 9.10. The lowest BCUT2D eigenvalue weighted by molar-refractivity contribution is -0.119. The van der Waals surface area contributed by atoms with Gasteiger partial charge >= 0.3 is 6.03 Å². The molecule has 1 aliphatic rings. The second-order valence-corrected chi connectivity index (χ2v) is 10.1. The van der Waals surface area contributed by atoms with Crippen LogP contribution >= 0.6 is 15.9 Å². The highest BCUT2D eigenvalue weighted by Gasteiger charge is 2.37. The molecule has 0 aliphatic carbocycles. The molecule has 1 aromatic heterocycles. The van der Waals surface area contributed by atoms with E-state index in [1.807, 2.05) is 61.7 Å². The molecule has 3 aromatic carbocycles. The number of nitrogens with zero attached hydrogens (tertiary/aromatic N) is 3. The number of amides is 3. The van der Waals surface area contributed by atoms with Gasteiger partial charge in [0.2, 0.25) is 5.91 Å². The van der Waals surface area contributed by atoms with E-state index >= 15 is 0 Å². The Morgan fingerprint density at radius 1 is 0.947 bits per heavy atom. The number of carbonyl (C=O) groups is 2. The molecule has 1 unspecified atom stereocenters. The van der Waals surface area contributed by atoms with Gasteiger partial charge in [-0.25, -0.2) is 9.18 Å². The van der Waals surface area contributed by atoms with Crippen LogP contribution in [0.5, 0.6) is 0 Å². The van der Waals surface area contributed by atoms with Gasteiger partial charge in [0.1, 0.15) is 18.4 Å². The average molecular weight is 575 g/mol. The summed E-state index contributed by atoms with van der Waals surface area (Å²) >= 11 is 3.41. The topological polar surface area (TPSA) is 57.6 Å². The Morgan fingerprint density at radius 2 is 1.66 bits per heavy atom. The first-order chi connectivity index (χ1) is 18.5. The Kier molecular flexibility index (Phi) is 7.60. The molecule has 0 fully saturated rings. The van der Waals surface area contributed by atoms with E-state index in [9.17, 15) is 14.0 Å². The normalized spacial score (nSPS) is 14.0. The van der Waals surface area contributed by atoms with Crippen molar-refractivity contribution in [2.75, 3.05) is 23.3 Å². The summed E-state index contributed by atoms with van der Waals surface area (Å²) in [7, 11) is 0. The van der Waals surface area contributed by atoms with Crippen LogP contribution in [0.15, 0.2) is 95.6 Å². The number of para-hydroxylation sites is 2. The molecule has 1 aliphatic heterocycles. The first-order valence-corrected chi connectivity index (χ1v) is 13.4. The summed E-state index contributed by atoms with van der Waals surface area (Å²) in [4.78, 5) is 30.7. The minimum Gasteiger partial charge on any atom is -0.316 e. The monoisotopic (exact) mass is 574 g/mol. The zero-order chi connectivity index (χ0) is 26.6. The molecular weight excluding hydrogens is 547 g/mol. The zero-order valence-corrected chi connectivity index (χ0v) is 22.6. The number of aromatic nitrogens is 1. The van der Waals surface area contributed by atoms with Gasteiger partial charge in [0.25, 0.3) is 0 Å². The van der Waals surface area contributed by atoms with E-state index in [1.54, 1.807) is 34.1 Å². The first-order valence-electron chi connectivity index (χ1n) is 12.6. The van der Waals surface area contributed by atoms with Gasteiger partial charge in [0, 0.05) is 22.9 Å². The molecule has 2 heterocycles. The van der Waals surface area contributed by atoms with Gasteiger partial charge in [0.05, 0.1) is 17.1 Å². The van der Waals surface area contributed by atoms with Gasteiger partial charge in [-0.05, 0) is 72.6 Å². The molecule has 8 heteroatoms. The Labute approximate surface area is 229 Å². The zero-order valence-electron chi connectivity index (χ0n) is 21.0. The number of benzene rings is 3. The van der Waals surface area contributed by atoms with Gasteiger partial charge in [-0.3, -0.25) is 9.69 Å². The van der Waals surface area contributed by atoms with E-state index in [1.165, 1.54) is 12.1 Å². The standard InChI is InChI=1S/C30H28BrFN4O2/c1-2-3-18-34(30(38)33-24-16-12-22(31)13-17-24)20-28(37)36-26-8-5-4-7-25(26)35-19-6-9-27(35)29(36)21-10-14-23(32)15-11-21/h4-17,19,29H,2-3,18,20H2,1H3,(H,33,38). The van der Waals surface area contributed by atoms with Gasteiger partial charge in [-0.1, -0.05) is 53.5 Å². The van der Waals surface area contributed by atoms with Crippen LogP contribution in [0.3, 0.4) is 0 Å². The highest BCUT2D eigenvalue weighted by Crippen LogP contribution is 2.42. The van der Waals surface area contributed by atoms with Crippen molar-refractivity contribution in [1.29, 1.82) is 0 Å². The predicted molar refractivity (Wildman–Crippen MR) is 151 cm³/mol. The Balaban J connectivity index is 1.49. The SMILES string of the molecule is CCCCN(CC(=O)N1c2ccccc2-n2cccc2C1c1ccc(F)cc1)C(=O)Nc1ccc(Br)cc1. The molecule has 6 nitrogen and oxygen atoms in total. The van der Waals surface area contributed by atoms with Gasteiger partial charge in [-0.15, -0.1) is 0 Å². The fourth-order valence-corrected chi connectivity index (χ4v) is 5.06. The summed E-state index contributed by atoms with van der Waals surface area (Å²) in [6.07, 6.45) is 3.61. The Hall–Kier alpha value is -3.91. The molecule has 0 bridgehead atoms. The molecule has 1 atom stereocenters. The molecule has 194 valence electrons. The van der Waals surface area contributed by atoms with Crippen molar-refractivity contribution in [3.8, 4) is 5.69 Å². The summed E-state index contributed by atoms with van der Waals surface area (Å²) in [5.41, 5.74) is 3.94. The van der Waals surface area contributed by atoms with Crippen LogP contribution in [0.25, 0.3) is 5.69 Å². The summed E-state index contributed by atoms with van der Waals surface area (Å²) in [6, 6.07) is 24.4. The van der Waals surface area contributed by atoms with Crippen LogP contribution in [0, 0.1) is 5.82 Å². The van der Waals surface area contributed by atoms with Crippen molar-refractivity contribution < 1.29 is 14.0 Å². The van der Waals surface area contributed by atoms with E-state index < -0.39 is 6.04 Å². The first kappa shape index (κ1) is 25.7. The molecule has 0 spiro atoms. The van der Waals surface area contributed by atoms with Crippen molar-refractivity contribution in [2.24, 2.45) is 0 Å². The van der Waals surface area contributed by atoms with Crippen LogP contribution in [-0.2, 0) is 4.79 Å². The average Bonchev–Trinajstić information content (AvgIpc) is 3.42. The maximum atomic E-state index is 14.1. The highest BCUT2D eigenvalue weighted by atomic mass is 79.9. The number of rotatable bonds is 7. The fourth-order valence-electron chi connectivity index (χ4n) is 4.80. The lowest BCUT2D eigenvalue weighted by Crippen LogP contribution is -2.48.